The van der Waals surface area contributed by atoms with Gasteiger partial charge in [-0.3, -0.25) is 14.6 Å². The predicted octanol–water partition coefficient (Wildman–Crippen LogP) is 5.90. The summed E-state index contributed by atoms with van der Waals surface area (Å²) in [5.41, 5.74) is 6.72. The molecule has 2 aromatic carbocycles. The second-order valence-electron chi connectivity index (χ2n) is 10.6. The predicted molar refractivity (Wildman–Crippen MR) is 146 cm³/mol. The Labute approximate surface area is 218 Å². The van der Waals surface area contributed by atoms with Gasteiger partial charge in [0.15, 0.2) is 0 Å². The molecule has 0 saturated heterocycles. The van der Waals surface area contributed by atoms with E-state index in [4.69, 9.17) is 4.74 Å². The zero-order valence-corrected chi connectivity index (χ0v) is 22.2. The largest absolute Gasteiger partial charge is 0.460 e. The lowest BCUT2D eigenvalue weighted by molar-refractivity contribution is -0.154. The second kappa shape index (κ2) is 11.0. The van der Waals surface area contributed by atoms with Crippen molar-refractivity contribution in [1.82, 2.24) is 15.3 Å². The zero-order chi connectivity index (χ0) is 26.6. The molecule has 1 atom stereocenters. The van der Waals surface area contributed by atoms with Gasteiger partial charge in [0.05, 0.1) is 12.5 Å². The number of H-pyrrole nitrogens is 1. The van der Waals surface area contributed by atoms with Crippen LogP contribution < -0.4 is 5.32 Å². The molecule has 4 rings (SSSR count). The number of benzene rings is 2. The molecule has 6 nitrogen and oxygen atoms in total. The molecule has 192 valence electrons. The summed E-state index contributed by atoms with van der Waals surface area (Å²) in [5, 5.41) is 4.25. The number of rotatable bonds is 8. The van der Waals surface area contributed by atoms with Gasteiger partial charge < -0.3 is 15.0 Å². The van der Waals surface area contributed by atoms with E-state index in [1.165, 1.54) is 5.56 Å². The molecule has 4 aromatic rings. The van der Waals surface area contributed by atoms with E-state index in [9.17, 15) is 9.59 Å². The number of hydrogen-bond donors (Lipinski definition) is 2. The Morgan fingerprint density at radius 2 is 1.89 bits per heavy atom. The van der Waals surface area contributed by atoms with E-state index in [0.29, 0.717) is 12.8 Å². The van der Waals surface area contributed by atoms with Crippen molar-refractivity contribution >= 4 is 22.8 Å². The van der Waals surface area contributed by atoms with Gasteiger partial charge in [0.1, 0.15) is 5.60 Å². The number of hydrogen-bond acceptors (Lipinski definition) is 4. The average Bonchev–Trinajstić information content (AvgIpc) is 3.23. The summed E-state index contributed by atoms with van der Waals surface area (Å²) in [5.74, 6) is -0.288. The van der Waals surface area contributed by atoms with Gasteiger partial charge in [0.2, 0.25) is 5.91 Å². The number of pyridine rings is 1. The number of ether oxygens (including phenoxy) is 1. The fourth-order valence-electron chi connectivity index (χ4n) is 4.61. The number of aromatic nitrogens is 2. The molecule has 0 radical (unpaired) electrons. The maximum Gasteiger partial charge on any atom is 0.306 e. The van der Waals surface area contributed by atoms with Crippen LogP contribution in [0.4, 0.5) is 0 Å². The van der Waals surface area contributed by atoms with Gasteiger partial charge in [-0.1, -0.05) is 35.9 Å². The minimum atomic E-state index is -0.497. The molecule has 6 heteroatoms. The Bertz CT molecular complexity index is 1400. The van der Waals surface area contributed by atoms with Crippen LogP contribution in [0.3, 0.4) is 0 Å². The lowest BCUT2D eigenvalue weighted by Gasteiger charge is -2.22. The first-order valence-electron chi connectivity index (χ1n) is 12.7. The minimum absolute atomic E-state index is 0.0704. The quantitative estimate of drug-likeness (QED) is 0.297. The summed E-state index contributed by atoms with van der Waals surface area (Å²) in [6.45, 7) is 9.73. The Morgan fingerprint density at radius 3 is 2.59 bits per heavy atom. The topological polar surface area (TPSA) is 84.1 Å². The third-order valence-electron chi connectivity index (χ3n) is 6.27. The summed E-state index contributed by atoms with van der Waals surface area (Å²) < 4.78 is 5.44. The summed E-state index contributed by atoms with van der Waals surface area (Å²) in [4.78, 5) is 33.0. The molecule has 1 amide bonds. The van der Waals surface area contributed by atoms with Crippen LogP contribution >= 0.6 is 0 Å². The number of nitrogens with one attached hydrogen (secondary N) is 2. The molecule has 0 spiro atoms. The number of nitrogens with zero attached hydrogens (tertiary/aromatic N) is 1. The summed E-state index contributed by atoms with van der Waals surface area (Å²) in [6.07, 6.45) is 6.58. The highest BCUT2D eigenvalue weighted by Gasteiger charge is 2.20. The van der Waals surface area contributed by atoms with Crippen LogP contribution in [0, 0.1) is 13.8 Å². The van der Waals surface area contributed by atoms with E-state index in [1.807, 2.05) is 57.3 Å². The molecule has 2 heterocycles. The fraction of sp³-hybridized carbons (Fsp3) is 0.323. The zero-order valence-electron chi connectivity index (χ0n) is 22.2. The van der Waals surface area contributed by atoms with Crippen molar-refractivity contribution in [2.75, 3.05) is 0 Å². The molecule has 1 unspecified atom stereocenters. The van der Waals surface area contributed by atoms with Crippen LogP contribution in [0.25, 0.3) is 10.9 Å². The van der Waals surface area contributed by atoms with E-state index < -0.39 is 5.60 Å². The Kier molecular flexibility index (Phi) is 7.77. The second-order valence-corrected chi connectivity index (χ2v) is 10.6. The number of aryl methyl sites for hydroxylation is 3. The van der Waals surface area contributed by atoms with Crippen molar-refractivity contribution < 1.29 is 14.3 Å². The minimum Gasteiger partial charge on any atom is -0.460 e. The summed E-state index contributed by atoms with van der Waals surface area (Å²) in [7, 11) is 0. The molecular weight excluding hydrogens is 462 g/mol. The number of aromatic amines is 1. The van der Waals surface area contributed by atoms with Gasteiger partial charge in [0, 0.05) is 35.9 Å². The van der Waals surface area contributed by atoms with Crippen LogP contribution in [-0.4, -0.2) is 27.4 Å². The Hall–Kier alpha value is -3.93. The van der Waals surface area contributed by atoms with Gasteiger partial charge in [-0.15, -0.1) is 0 Å². The van der Waals surface area contributed by atoms with Crippen LogP contribution in [0.5, 0.6) is 0 Å². The van der Waals surface area contributed by atoms with E-state index in [-0.39, 0.29) is 24.3 Å². The molecule has 0 aliphatic carbocycles. The van der Waals surface area contributed by atoms with Crippen LogP contribution in [0.2, 0.25) is 0 Å². The first kappa shape index (κ1) is 26.1. The highest BCUT2D eigenvalue weighted by atomic mass is 16.6. The smallest absolute Gasteiger partial charge is 0.306 e. The van der Waals surface area contributed by atoms with Crippen molar-refractivity contribution in [3.63, 3.8) is 0 Å². The third-order valence-corrected chi connectivity index (χ3v) is 6.27. The van der Waals surface area contributed by atoms with Crippen LogP contribution in [0.15, 0.2) is 67.1 Å². The molecule has 0 aliphatic heterocycles. The van der Waals surface area contributed by atoms with E-state index in [1.54, 1.807) is 12.4 Å². The molecule has 0 saturated carbocycles. The monoisotopic (exact) mass is 497 g/mol. The highest BCUT2D eigenvalue weighted by molar-refractivity contribution is 5.86. The van der Waals surface area contributed by atoms with Crippen molar-refractivity contribution in [2.45, 2.75) is 65.5 Å². The van der Waals surface area contributed by atoms with Gasteiger partial charge in [-0.05, 0) is 87.1 Å². The number of fused-ring (bicyclic) bond motifs is 1. The van der Waals surface area contributed by atoms with Crippen LogP contribution in [-0.2, 0) is 27.2 Å². The number of carbonyl (C=O) groups excluding carboxylic acids is 2. The normalized spacial score (nSPS) is 12.4. The average molecular weight is 498 g/mol. The SMILES string of the molecule is Cc1ccc(C(NC(=O)Cc2ccc3[nH]cc(CCC(=O)OC(C)(C)C)c3c2)c2cccnc2)c(C)c1. The third kappa shape index (κ3) is 6.85. The summed E-state index contributed by atoms with van der Waals surface area (Å²) >= 11 is 0. The Morgan fingerprint density at radius 1 is 1.08 bits per heavy atom. The molecule has 2 N–H and O–H groups in total. The molecule has 0 aliphatic rings. The molecule has 37 heavy (non-hydrogen) atoms. The Balaban J connectivity index is 1.50. The van der Waals surface area contributed by atoms with Gasteiger partial charge >= 0.3 is 5.97 Å². The van der Waals surface area contributed by atoms with Gasteiger partial charge in [0.25, 0.3) is 0 Å². The van der Waals surface area contributed by atoms with Crippen molar-refractivity contribution in [3.8, 4) is 0 Å². The van der Waals surface area contributed by atoms with Crippen LogP contribution in [0.1, 0.15) is 66.6 Å². The van der Waals surface area contributed by atoms with E-state index in [0.717, 1.165) is 38.7 Å². The molecule has 0 fully saturated rings. The number of esters is 1. The van der Waals surface area contributed by atoms with Crippen molar-refractivity contribution in [2.24, 2.45) is 0 Å². The fourth-order valence-corrected chi connectivity index (χ4v) is 4.61. The maximum atomic E-state index is 13.3. The lowest BCUT2D eigenvalue weighted by Crippen LogP contribution is -2.31. The molecule has 2 aromatic heterocycles. The van der Waals surface area contributed by atoms with Gasteiger partial charge in [-0.25, -0.2) is 0 Å². The highest BCUT2D eigenvalue weighted by Crippen LogP contribution is 2.26. The number of carbonyl (C=O) groups is 2. The maximum absolute atomic E-state index is 13.3. The van der Waals surface area contributed by atoms with Crippen molar-refractivity contribution in [3.05, 3.63) is 101 Å². The number of amides is 1. The van der Waals surface area contributed by atoms with E-state index in [2.05, 4.69) is 47.3 Å². The van der Waals surface area contributed by atoms with Gasteiger partial charge in [-0.2, -0.15) is 0 Å². The first-order valence-corrected chi connectivity index (χ1v) is 12.7. The molecular formula is C31H35N3O3. The van der Waals surface area contributed by atoms with Crippen molar-refractivity contribution in [1.29, 1.82) is 0 Å². The lowest BCUT2D eigenvalue weighted by atomic mass is 9.94. The standard InChI is InChI=1S/C31H35N3O3/c1-20-8-11-25(21(2)15-20)30(24-7-6-14-32-18-24)34-28(35)17-22-9-12-27-26(16-22)23(19-33-27)10-13-29(36)37-31(3,4)5/h6-9,11-12,14-16,18-19,30,33H,10,13,17H2,1-5H3,(H,34,35). The first-order chi connectivity index (χ1) is 17.6. The summed E-state index contributed by atoms with van der Waals surface area (Å²) in [6, 6.07) is 15.8. The van der Waals surface area contributed by atoms with E-state index >= 15 is 0 Å². The molecule has 0 bridgehead atoms.